The Balaban J connectivity index is 2.64. The van der Waals surface area contributed by atoms with Crippen LogP contribution in [-0.4, -0.2) is 35.2 Å². The average Bonchev–Trinajstić information content (AvgIpc) is 2.24. The molecule has 2 heteroatoms. The van der Waals surface area contributed by atoms with Gasteiger partial charge in [-0.3, -0.25) is 4.90 Å². The quantitative estimate of drug-likeness (QED) is 0.649. The van der Waals surface area contributed by atoms with Gasteiger partial charge in [-0.1, -0.05) is 6.92 Å². The number of likely N-dealkylation sites (tertiary alicyclic amines) is 1. The summed E-state index contributed by atoms with van der Waals surface area (Å²) in [4.78, 5) is 2.44. The van der Waals surface area contributed by atoms with Crippen LogP contribution in [0.5, 0.6) is 0 Å². The van der Waals surface area contributed by atoms with E-state index in [1.807, 2.05) is 0 Å². The highest BCUT2D eigenvalue weighted by atomic mass is 16.3. The first-order chi connectivity index (χ1) is 5.12. The van der Waals surface area contributed by atoms with Gasteiger partial charge in [-0.25, -0.2) is 0 Å². The first kappa shape index (κ1) is 9.01. The third-order valence-corrected chi connectivity index (χ3v) is 3.16. The molecule has 0 amide bonds. The normalized spacial score (nSPS) is 31.1. The second-order valence-corrected chi connectivity index (χ2v) is 3.90. The third-order valence-electron chi connectivity index (χ3n) is 3.16. The predicted octanol–water partition coefficient (Wildman–Crippen LogP) is 1.10. The van der Waals surface area contributed by atoms with Crippen LogP contribution in [0.4, 0.5) is 0 Å². The second kappa shape index (κ2) is 3.11. The lowest BCUT2D eigenvalue weighted by molar-refractivity contribution is 0.105. The molecule has 1 fully saturated rings. The van der Waals surface area contributed by atoms with E-state index >= 15 is 0 Å². The van der Waals surface area contributed by atoms with Crippen LogP contribution in [0.25, 0.3) is 0 Å². The predicted molar refractivity (Wildman–Crippen MR) is 46.5 cm³/mol. The third kappa shape index (κ3) is 1.42. The van der Waals surface area contributed by atoms with Crippen molar-refractivity contribution >= 4 is 0 Å². The molecule has 1 unspecified atom stereocenters. The molecule has 0 radical (unpaired) electrons. The molecule has 0 aromatic rings. The first-order valence-corrected chi connectivity index (χ1v) is 4.48. The molecule has 0 aromatic heterocycles. The highest BCUT2D eigenvalue weighted by Gasteiger charge is 2.39. The van der Waals surface area contributed by atoms with Gasteiger partial charge in [-0.2, -0.15) is 0 Å². The summed E-state index contributed by atoms with van der Waals surface area (Å²) < 4.78 is 0. The summed E-state index contributed by atoms with van der Waals surface area (Å²) in [5, 5.41) is 9.09. The summed E-state index contributed by atoms with van der Waals surface area (Å²) in [5.74, 6) is 0.474. The fourth-order valence-corrected chi connectivity index (χ4v) is 2.09. The number of rotatable bonds is 2. The maximum atomic E-state index is 9.09. The Labute approximate surface area is 69.2 Å². The van der Waals surface area contributed by atoms with Crippen LogP contribution < -0.4 is 0 Å². The van der Waals surface area contributed by atoms with E-state index in [0.717, 1.165) is 19.5 Å². The Morgan fingerprint density at radius 2 is 2.18 bits per heavy atom. The molecule has 1 atom stereocenters. The zero-order valence-corrected chi connectivity index (χ0v) is 7.80. The number of aliphatic hydroxyl groups is 1. The van der Waals surface area contributed by atoms with Gasteiger partial charge >= 0.3 is 0 Å². The molecule has 1 aliphatic rings. The van der Waals surface area contributed by atoms with E-state index in [1.165, 1.54) is 0 Å². The monoisotopic (exact) mass is 157 g/mol. The van der Waals surface area contributed by atoms with Crippen molar-refractivity contribution < 1.29 is 5.11 Å². The molecule has 0 spiro atoms. The lowest BCUT2D eigenvalue weighted by Gasteiger charge is -2.34. The topological polar surface area (TPSA) is 23.5 Å². The summed E-state index contributed by atoms with van der Waals surface area (Å²) >= 11 is 0. The maximum absolute atomic E-state index is 9.09. The van der Waals surface area contributed by atoms with Gasteiger partial charge in [0.15, 0.2) is 0 Å². The van der Waals surface area contributed by atoms with Gasteiger partial charge in [-0.05, 0) is 33.4 Å². The van der Waals surface area contributed by atoms with Crippen LogP contribution in [0.1, 0.15) is 27.2 Å². The van der Waals surface area contributed by atoms with Crippen molar-refractivity contribution in [3.63, 3.8) is 0 Å². The molecule has 1 heterocycles. The van der Waals surface area contributed by atoms with E-state index < -0.39 is 0 Å². The smallest absolute Gasteiger partial charge is 0.0477 e. The van der Waals surface area contributed by atoms with Crippen LogP contribution >= 0.6 is 0 Å². The molecule has 0 saturated carbocycles. The molecule has 1 rings (SSSR count). The van der Waals surface area contributed by atoms with Crippen LogP contribution in [0.3, 0.4) is 0 Å². The summed E-state index contributed by atoms with van der Waals surface area (Å²) in [7, 11) is 0. The number of hydrogen-bond donors (Lipinski definition) is 1. The summed E-state index contributed by atoms with van der Waals surface area (Å²) in [6, 6.07) is 0. The fourth-order valence-electron chi connectivity index (χ4n) is 2.09. The molecule has 66 valence electrons. The number of hydrogen-bond acceptors (Lipinski definition) is 2. The molecule has 0 aliphatic carbocycles. The van der Waals surface area contributed by atoms with Gasteiger partial charge in [0.25, 0.3) is 0 Å². The Hall–Kier alpha value is -0.0800. The molecule has 0 bridgehead atoms. The minimum atomic E-state index is 0.212. The zero-order chi connectivity index (χ0) is 8.48. The van der Waals surface area contributed by atoms with Crippen molar-refractivity contribution in [2.75, 3.05) is 19.7 Å². The lowest BCUT2D eigenvalue weighted by Crippen LogP contribution is -2.43. The van der Waals surface area contributed by atoms with Gasteiger partial charge in [-0.15, -0.1) is 0 Å². The van der Waals surface area contributed by atoms with Crippen molar-refractivity contribution in [3.8, 4) is 0 Å². The highest BCUT2D eigenvalue weighted by Crippen LogP contribution is 2.33. The summed E-state index contributed by atoms with van der Waals surface area (Å²) in [5.41, 5.74) is 0.212. The van der Waals surface area contributed by atoms with Crippen LogP contribution in [0.15, 0.2) is 0 Å². The minimum absolute atomic E-state index is 0.212. The standard InChI is InChI=1S/C9H19NO/c1-4-10-6-5-8(7-11)9(10,2)3/h8,11H,4-7H2,1-3H3. The molecule has 0 aromatic carbocycles. The van der Waals surface area contributed by atoms with Crippen LogP contribution in [-0.2, 0) is 0 Å². The van der Waals surface area contributed by atoms with Gasteiger partial charge in [0.1, 0.15) is 0 Å². The van der Waals surface area contributed by atoms with E-state index in [9.17, 15) is 0 Å². The van der Waals surface area contributed by atoms with Crippen molar-refractivity contribution in [1.29, 1.82) is 0 Å². The molecule has 1 saturated heterocycles. The van der Waals surface area contributed by atoms with Crippen LogP contribution in [0.2, 0.25) is 0 Å². The van der Waals surface area contributed by atoms with E-state index in [-0.39, 0.29) is 5.54 Å². The van der Waals surface area contributed by atoms with E-state index in [1.54, 1.807) is 0 Å². The Bertz CT molecular complexity index is 120. The largest absolute Gasteiger partial charge is 0.396 e. The molecule has 1 N–H and O–H groups in total. The molecular formula is C9H19NO. The van der Waals surface area contributed by atoms with Crippen molar-refractivity contribution in [2.45, 2.75) is 32.7 Å². The maximum Gasteiger partial charge on any atom is 0.0477 e. The zero-order valence-electron chi connectivity index (χ0n) is 7.80. The first-order valence-electron chi connectivity index (χ1n) is 4.48. The minimum Gasteiger partial charge on any atom is -0.396 e. The average molecular weight is 157 g/mol. The molecule has 2 nitrogen and oxygen atoms in total. The molecular weight excluding hydrogens is 138 g/mol. The number of aliphatic hydroxyl groups excluding tert-OH is 1. The van der Waals surface area contributed by atoms with Crippen molar-refractivity contribution in [3.05, 3.63) is 0 Å². The van der Waals surface area contributed by atoms with E-state index in [2.05, 4.69) is 25.7 Å². The Morgan fingerprint density at radius 3 is 2.45 bits per heavy atom. The van der Waals surface area contributed by atoms with Gasteiger partial charge < -0.3 is 5.11 Å². The highest BCUT2D eigenvalue weighted by molar-refractivity contribution is 4.94. The van der Waals surface area contributed by atoms with Gasteiger partial charge in [0.2, 0.25) is 0 Å². The van der Waals surface area contributed by atoms with Gasteiger partial charge in [0.05, 0.1) is 0 Å². The Morgan fingerprint density at radius 1 is 1.55 bits per heavy atom. The van der Waals surface area contributed by atoms with Gasteiger partial charge in [0, 0.05) is 18.1 Å². The molecule has 11 heavy (non-hydrogen) atoms. The summed E-state index contributed by atoms with van der Waals surface area (Å²) in [6.07, 6.45) is 1.15. The SMILES string of the molecule is CCN1CCC(CO)C1(C)C. The van der Waals surface area contributed by atoms with E-state index in [0.29, 0.717) is 12.5 Å². The summed E-state index contributed by atoms with van der Waals surface area (Å²) in [6.45, 7) is 9.22. The van der Waals surface area contributed by atoms with Crippen molar-refractivity contribution in [2.24, 2.45) is 5.92 Å². The van der Waals surface area contributed by atoms with Crippen molar-refractivity contribution in [1.82, 2.24) is 4.90 Å². The second-order valence-electron chi connectivity index (χ2n) is 3.90. The lowest BCUT2D eigenvalue weighted by atomic mass is 9.89. The number of nitrogens with zero attached hydrogens (tertiary/aromatic N) is 1. The van der Waals surface area contributed by atoms with Crippen LogP contribution in [0, 0.1) is 5.92 Å². The molecule has 1 aliphatic heterocycles. The van der Waals surface area contributed by atoms with E-state index in [4.69, 9.17) is 5.11 Å². The Kier molecular flexibility index (Phi) is 2.55. The fraction of sp³-hybridized carbons (Fsp3) is 1.00.